The van der Waals surface area contributed by atoms with Gasteiger partial charge in [0.15, 0.2) is 0 Å². The molecule has 1 aromatic heterocycles. The molecule has 0 aliphatic heterocycles. The third-order valence-corrected chi connectivity index (χ3v) is 9.56. The predicted molar refractivity (Wildman–Crippen MR) is 195 cm³/mol. The lowest BCUT2D eigenvalue weighted by atomic mass is 9.82. The van der Waals surface area contributed by atoms with Gasteiger partial charge in [-0.15, -0.1) is 0 Å². The molecule has 1 radical (unpaired) electrons. The average molecular weight is 601 g/mol. The highest BCUT2D eigenvalue weighted by molar-refractivity contribution is 6.47. The van der Waals surface area contributed by atoms with Crippen LogP contribution in [0.15, 0.2) is 133 Å². The van der Waals surface area contributed by atoms with Crippen LogP contribution in [-0.4, -0.2) is 28.4 Å². The normalized spacial score (nSPS) is 13.9. The van der Waals surface area contributed by atoms with Crippen molar-refractivity contribution in [3.8, 4) is 22.3 Å². The van der Waals surface area contributed by atoms with Gasteiger partial charge in [0.05, 0.1) is 22.2 Å². The number of allylic oxidation sites excluding steroid dienone is 4. The third-order valence-electron chi connectivity index (χ3n) is 9.56. The van der Waals surface area contributed by atoms with E-state index in [0.29, 0.717) is 0 Å². The van der Waals surface area contributed by atoms with E-state index in [1.165, 1.54) is 49.8 Å². The largest absolute Gasteiger partial charge is 0.427 e. The van der Waals surface area contributed by atoms with Crippen molar-refractivity contribution in [3.63, 3.8) is 0 Å². The zero-order chi connectivity index (χ0) is 31.9. The van der Waals surface area contributed by atoms with Crippen molar-refractivity contribution >= 4 is 46.0 Å². The van der Waals surface area contributed by atoms with E-state index in [1.54, 1.807) is 21.3 Å². The highest BCUT2D eigenvalue weighted by Gasteiger charge is 2.35. The van der Waals surface area contributed by atoms with Crippen molar-refractivity contribution in [2.75, 3.05) is 0 Å². The number of aliphatic hydroxyl groups is 1. The van der Waals surface area contributed by atoms with Crippen LogP contribution in [0.2, 0.25) is 0 Å². The van der Waals surface area contributed by atoms with Gasteiger partial charge in [0, 0.05) is 16.5 Å². The van der Waals surface area contributed by atoms with E-state index in [1.807, 2.05) is 13.8 Å². The zero-order valence-electron chi connectivity index (χ0n) is 27.0. The third kappa shape index (κ3) is 5.75. The summed E-state index contributed by atoms with van der Waals surface area (Å²) in [5.41, 5.74) is 10.3. The molecule has 0 unspecified atom stereocenters. The molecule has 1 aliphatic carbocycles. The number of benzene rings is 5. The van der Waals surface area contributed by atoms with E-state index in [2.05, 4.69) is 138 Å². The van der Waals surface area contributed by atoms with Crippen molar-refractivity contribution in [1.82, 2.24) is 4.57 Å². The summed E-state index contributed by atoms with van der Waals surface area (Å²) in [6, 6.07) is 43.5. The van der Waals surface area contributed by atoms with Crippen LogP contribution in [0.3, 0.4) is 0 Å². The van der Waals surface area contributed by atoms with Gasteiger partial charge in [-0.05, 0) is 98.2 Å². The van der Waals surface area contributed by atoms with Crippen LogP contribution < -0.4 is 5.46 Å². The van der Waals surface area contributed by atoms with Crippen molar-refractivity contribution < 1.29 is 9.76 Å². The van der Waals surface area contributed by atoms with Crippen LogP contribution >= 0.6 is 0 Å². The van der Waals surface area contributed by atoms with E-state index in [9.17, 15) is 5.11 Å². The van der Waals surface area contributed by atoms with Gasteiger partial charge in [0.2, 0.25) is 0 Å². The molecular formula is C42H39BNO2. The summed E-state index contributed by atoms with van der Waals surface area (Å²) >= 11 is 0. The minimum Gasteiger partial charge on any atom is -0.427 e. The molecule has 5 aromatic carbocycles. The Kier molecular flexibility index (Phi) is 7.80. The molecule has 1 aliphatic rings. The quantitative estimate of drug-likeness (QED) is 0.177. The molecule has 1 heterocycles. The predicted octanol–water partition coefficient (Wildman–Crippen LogP) is 9.66. The second-order valence-electron chi connectivity index (χ2n) is 13.3. The molecule has 0 spiro atoms. The number of fused-ring (bicyclic) bond motifs is 3. The zero-order valence-corrected chi connectivity index (χ0v) is 27.0. The first-order chi connectivity index (χ1) is 22.2. The average Bonchev–Trinajstić information content (AvgIpc) is 3.41. The molecule has 0 saturated heterocycles. The molecule has 1 N–H and O–H groups in total. The molecule has 0 amide bonds. The molecule has 7 rings (SSSR count). The minimum absolute atomic E-state index is 0.707. The molecule has 0 bridgehead atoms. The first kappa shape index (κ1) is 30.0. The van der Waals surface area contributed by atoms with Gasteiger partial charge in [-0.25, -0.2) is 0 Å². The Bertz CT molecular complexity index is 2090. The molecule has 227 valence electrons. The Morgan fingerprint density at radius 3 is 2.02 bits per heavy atom. The van der Waals surface area contributed by atoms with Crippen LogP contribution in [0.25, 0.3) is 55.3 Å². The number of nitrogens with zero attached hydrogens (tertiary/aromatic N) is 1. The standard InChI is InChI=1S/C42H39BNO2/c1-41(2,45)42(3,4)46-43-35-23-20-30(21-24-35)31-14-10-15-32(26-31)34-22-25-38-37-18-8-9-19-39(37)44(40(38)28-34)36-17-11-16-33(27-36)29-12-6-5-7-13-29/h5-10,12-16,18-28,45H,11,17H2,1-4H3. The number of hydrogen-bond acceptors (Lipinski definition) is 2. The summed E-state index contributed by atoms with van der Waals surface area (Å²) in [5, 5.41) is 13.0. The molecule has 0 saturated carbocycles. The lowest BCUT2D eigenvalue weighted by molar-refractivity contribution is -0.0893. The van der Waals surface area contributed by atoms with Crippen LogP contribution in [-0.2, 0) is 4.65 Å². The lowest BCUT2D eigenvalue weighted by Gasteiger charge is -2.37. The van der Waals surface area contributed by atoms with E-state index in [-0.39, 0.29) is 0 Å². The first-order valence-electron chi connectivity index (χ1n) is 16.1. The Balaban J connectivity index is 1.23. The van der Waals surface area contributed by atoms with Crippen molar-refractivity contribution in [1.29, 1.82) is 0 Å². The Labute approximate surface area is 272 Å². The van der Waals surface area contributed by atoms with Crippen molar-refractivity contribution in [2.45, 2.75) is 51.7 Å². The Morgan fingerprint density at radius 1 is 0.630 bits per heavy atom. The van der Waals surface area contributed by atoms with Crippen molar-refractivity contribution in [3.05, 3.63) is 139 Å². The van der Waals surface area contributed by atoms with Crippen LogP contribution in [0.4, 0.5) is 0 Å². The summed E-state index contributed by atoms with van der Waals surface area (Å²) in [6.07, 6.45) is 6.75. The molecular weight excluding hydrogens is 561 g/mol. The number of aromatic nitrogens is 1. The number of hydrogen-bond donors (Lipinski definition) is 1. The Morgan fingerprint density at radius 2 is 1.26 bits per heavy atom. The summed E-state index contributed by atoms with van der Waals surface area (Å²) < 4.78 is 8.43. The van der Waals surface area contributed by atoms with Crippen LogP contribution in [0.5, 0.6) is 0 Å². The molecule has 4 heteroatoms. The van der Waals surface area contributed by atoms with E-state index in [0.717, 1.165) is 29.4 Å². The highest BCUT2D eigenvalue weighted by Crippen LogP contribution is 2.38. The first-order valence-corrected chi connectivity index (χ1v) is 16.1. The van der Waals surface area contributed by atoms with Gasteiger partial charge in [0.1, 0.15) is 0 Å². The lowest BCUT2D eigenvalue weighted by Crippen LogP contribution is -2.49. The van der Waals surface area contributed by atoms with Crippen LogP contribution in [0.1, 0.15) is 46.1 Å². The number of rotatable bonds is 8. The maximum absolute atomic E-state index is 10.4. The molecule has 0 atom stereocenters. The molecule has 6 aromatic rings. The molecule has 3 nitrogen and oxygen atoms in total. The second-order valence-corrected chi connectivity index (χ2v) is 13.3. The molecule has 0 fully saturated rings. The van der Waals surface area contributed by atoms with E-state index < -0.39 is 11.2 Å². The maximum Gasteiger partial charge on any atom is 0.330 e. The maximum atomic E-state index is 10.4. The number of para-hydroxylation sites is 1. The van der Waals surface area contributed by atoms with Gasteiger partial charge in [0.25, 0.3) is 0 Å². The summed E-state index contributed by atoms with van der Waals surface area (Å²) in [5.74, 6) is 0. The SMILES string of the molecule is CC(C)(O)C(C)(C)O[B]c1ccc(-c2cccc(-c3ccc4c5ccccc5n(C5=CC(c6ccccc6)=CCC5)c4c3)c2)cc1. The fourth-order valence-corrected chi connectivity index (χ4v) is 6.15. The fraction of sp³-hybridized carbons (Fsp3) is 0.190. The summed E-state index contributed by atoms with van der Waals surface area (Å²) in [7, 11) is 1.73. The van der Waals surface area contributed by atoms with Gasteiger partial charge < -0.3 is 14.3 Å². The second kappa shape index (κ2) is 11.9. The van der Waals surface area contributed by atoms with Crippen molar-refractivity contribution in [2.24, 2.45) is 0 Å². The molecule has 46 heavy (non-hydrogen) atoms. The van der Waals surface area contributed by atoms with E-state index in [4.69, 9.17) is 4.65 Å². The van der Waals surface area contributed by atoms with Gasteiger partial charge >= 0.3 is 7.48 Å². The van der Waals surface area contributed by atoms with Gasteiger partial charge in [-0.2, -0.15) is 0 Å². The highest BCUT2D eigenvalue weighted by atomic mass is 16.5. The smallest absolute Gasteiger partial charge is 0.330 e. The van der Waals surface area contributed by atoms with Gasteiger partial charge in [-0.1, -0.05) is 115 Å². The topological polar surface area (TPSA) is 34.4 Å². The Hall–Kier alpha value is -4.64. The van der Waals surface area contributed by atoms with E-state index >= 15 is 0 Å². The summed E-state index contributed by atoms with van der Waals surface area (Å²) in [6.45, 7) is 7.32. The van der Waals surface area contributed by atoms with Crippen LogP contribution in [0, 0.1) is 0 Å². The summed E-state index contributed by atoms with van der Waals surface area (Å²) in [4.78, 5) is 0. The monoisotopic (exact) mass is 600 g/mol. The fourth-order valence-electron chi connectivity index (χ4n) is 6.15. The minimum atomic E-state index is -0.962. The van der Waals surface area contributed by atoms with Gasteiger partial charge in [-0.3, -0.25) is 0 Å².